The SMILES string of the molecule is CC/C=C\C/C=C\C/C=C\C/C=C\CCCCC(=O)OC(CCCCCCCCCCCCC)CCCCCCCCCC(=O)O. The second-order valence-electron chi connectivity index (χ2n) is 13.1. The van der Waals surface area contributed by atoms with Gasteiger partial charge < -0.3 is 9.84 Å². The third kappa shape index (κ3) is 36.4. The van der Waals surface area contributed by atoms with Gasteiger partial charge in [-0.05, 0) is 77.0 Å². The minimum Gasteiger partial charge on any atom is -0.481 e. The van der Waals surface area contributed by atoms with E-state index in [-0.39, 0.29) is 18.5 Å². The zero-order valence-electron chi connectivity index (χ0n) is 30.4. The molecule has 0 aliphatic heterocycles. The molecule has 1 atom stereocenters. The molecule has 1 N–H and O–H groups in total. The molecule has 0 saturated carbocycles. The molecule has 1 unspecified atom stereocenters. The van der Waals surface area contributed by atoms with Crippen molar-refractivity contribution in [3.63, 3.8) is 0 Å². The van der Waals surface area contributed by atoms with Crippen LogP contribution in [0.5, 0.6) is 0 Å². The fraction of sp³-hybridized carbons (Fsp3) is 0.762. The van der Waals surface area contributed by atoms with Crippen LogP contribution in [0.15, 0.2) is 48.6 Å². The van der Waals surface area contributed by atoms with Gasteiger partial charge in [-0.1, -0.05) is 159 Å². The molecule has 4 nitrogen and oxygen atoms in total. The van der Waals surface area contributed by atoms with Crippen molar-refractivity contribution in [2.24, 2.45) is 0 Å². The Bertz CT molecular complexity index is 779. The molecule has 0 rings (SSSR count). The number of esters is 1. The monoisotopic (exact) mass is 643 g/mol. The van der Waals surface area contributed by atoms with Crippen LogP contribution in [0.25, 0.3) is 0 Å². The van der Waals surface area contributed by atoms with Crippen LogP contribution < -0.4 is 0 Å². The molecular formula is C42H74O4. The average Bonchev–Trinajstić information content (AvgIpc) is 3.04. The van der Waals surface area contributed by atoms with Crippen molar-refractivity contribution in [3.8, 4) is 0 Å². The van der Waals surface area contributed by atoms with E-state index in [1.165, 1.54) is 83.5 Å². The van der Waals surface area contributed by atoms with Crippen molar-refractivity contribution < 1.29 is 19.4 Å². The predicted octanol–water partition coefficient (Wildman–Crippen LogP) is 13.6. The molecule has 0 saturated heterocycles. The quantitative estimate of drug-likeness (QED) is 0.0424. The van der Waals surface area contributed by atoms with E-state index >= 15 is 0 Å². The average molecular weight is 643 g/mol. The van der Waals surface area contributed by atoms with Crippen molar-refractivity contribution in [1.82, 2.24) is 0 Å². The van der Waals surface area contributed by atoms with Crippen molar-refractivity contribution in [2.45, 2.75) is 206 Å². The molecule has 0 aromatic rings. The van der Waals surface area contributed by atoms with Gasteiger partial charge in [-0.2, -0.15) is 0 Å². The third-order valence-corrected chi connectivity index (χ3v) is 8.57. The Balaban J connectivity index is 4.18. The number of ether oxygens (including phenoxy) is 1. The van der Waals surface area contributed by atoms with Crippen LogP contribution in [0, 0.1) is 0 Å². The minimum absolute atomic E-state index is 0.0170. The molecule has 0 aromatic carbocycles. The van der Waals surface area contributed by atoms with Gasteiger partial charge in [-0.3, -0.25) is 9.59 Å². The summed E-state index contributed by atoms with van der Waals surface area (Å²) < 4.78 is 6.01. The largest absolute Gasteiger partial charge is 0.481 e. The number of carboxylic acids is 1. The number of carbonyl (C=O) groups is 2. The number of hydrogen-bond donors (Lipinski definition) is 1. The Kier molecular flexibility index (Phi) is 35.7. The van der Waals surface area contributed by atoms with E-state index in [0.29, 0.717) is 6.42 Å². The summed E-state index contributed by atoms with van der Waals surface area (Å²) in [6.07, 6.45) is 49.8. The highest BCUT2D eigenvalue weighted by molar-refractivity contribution is 5.69. The predicted molar refractivity (Wildman–Crippen MR) is 199 cm³/mol. The van der Waals surface area contributed by atoms with Crippen LogP contribution in [0.3, 0.4) is 0 Å². The maximum Gasteiger partial charge on any atom is 0.306 e. The number of unbranched alkanes of at least 4 members (excludes halogenated alkanes) is 18. The number of carboxylic acid groups (broad SMARTS) is 1. The Morgan fingerprint density at radius 3 is 1.39 bits per heavy atom. The number of allylic oxidation sites excluding steroid dienone is 8. The molecule has 0 spiro atoms. The summed E-state index contributed by atoms with van der Waals surface area (Å²) in [4.78, 5) is 23.3. The van der Waals surface area contributed by atoms with Crippen LogP contribution in [-0.2, 0) is 14.3 Å². The van der Waals surface area contributed by atoms with Crippen LogP contribution in [0.1, 0.15) is 200 Å². The summed E-state index contributed by atoms with van der Waals surface area (Å²) in [6.45, 7) is 4.43. The second-order valence-corrected chi connectivity index (χ2v) is 13.1. The highest BCUT2D eigenvalue weighted by Crippen LogP contribution is 2.19. The number of rotatable bonds is 35. The Hall–Kier alpha value is -2.10. The van der Waals surface area contributed by atoms with Crippen LogP contribution >= 0.6 is 0 Å². The molecule has 0 aliphatic rings. The standard InChI is InChI=1S/C42H74O4/c1-3-5-7-9-11-13-15-16-17-18-20-22-27-31-35-39-42(45)46-40(37-33-29-25-23-26-30-34-38-41(43)44)36-32-28-24-21-19-14-12-10-8-6-4-2/h5,7,11,13,16-17,20,22,40H,3-4,6,8-10,12,14-15,18-19,21,23-39H2,1-2H3,(H,43,44)/b7-5-,13-11-,17-16-,22-20-. The first-order valence-electron chi connectivity index (χ1n) is 19.6. The van der Waals surface area contributed by atoms with Crippen molar-refractivity contribution in [1.29, 1.82) is 0 Å². The Morgan fingerprint density at radius 1 is 0.500 bits per heavy atom. The topological polar surface area (TPSA) is 63.6 Å². The molecule has 0 amide bonds. The summed E-state index contributed by atoms with van der Waals surface area (Å²) in [5.41, 5.74) is 0. The van der Waals surface area contributed by atoms with Crippen molar-refractivity contribution in [3.05, 3.63) is 48.6 Å². The Morgan fingerprint density at radius 2 is 0.913 bits per heavy atom. The van der Waals surface area contributed by atoms with Gasteiger partial charge >= 0.3 is 11.9 Å². The van der Waals surface area contributed by atoms with E-state index in [1.807, 2.05) is 0 Å². The zero-order chi connectivity index (χ0) is 33.6. The molecule has 266 valence electrons. The highest BCUT2D eigenvalue weighted by atomic mass is 16.5. The molecule has 0 heterocycles. The summed E-state index contributed by atoms with van der Waals surface area (Å²) >= 11 is 0. The van der Waals surface area contributed by atoms with E-state index in [0.717, 1.165) is 89.9 Å². The molecule has 46 heavy (non-hydrogen) atoms. The van der Waals surface area contributed by atoms with E-state index in [1.54, 1.807) is 0 Å². The minimum atomic E-state index is -0.691. The van der Waals surface area contributed by atoms with Crippen molar-refractivity contribution >= 4 is 11.9 Å². The smallest absolute Gasteiger partial charge is 0.306 e. The molecule has 0 radical (unpaired) electrons. The van der Waals surface area contributed by atoms with E-state index in [4.69, 9.17) is 9.84 Å². The van der Waals surface area contributed by atoms with Crippen LogP contribution in [0.4, 0.5) is 0 Å². The van der Waals surface area contributed by atoms with Gasteiger partial charge in [0.05, 0.1) is 0 Å². The van der Waals surface area contributed by atoms with Crippen LogP contribution in [0.2, 0.25) is 0 Å². The lowest BCUT2D eigenvalue weighted by atomic mass is 10.0. The van der Waals surface area contributed by atoms with Crippen molar-refractivity contribution in [2.75, 3.05) is 0 Å². The van der Waals surface area contributed by atoms with Gasteiger partial charge in [-0.15, -0.1) is 0 Å². The van der Waals surface area contributed by atoms with Gasteiger partial charge in [0, 0.05) is 12.8 Å². The molecule has 0 aromatic heterocycles. The van der Waals surface area contributed by atoms with E-state index in [9.17, 15) is 9.59 Å². The maximum atomic E-state index is 12.7. The first-order chi connectivity index (χ1) is 22.6. The normalized spacial score (nSPS) is 12.7. The van der Waals surface area contributed by atoms with Gasteiger partial charge in [0.2, 0.25) is 0 Å². The van der Waals surface area contributed by atoms with Gasteiger partial charge in [0.1, 0.15) is 6.10 Å². The molecule has 0 bridgehead atoms. The first kappa shape index (κ1) is 43.9. The molecule has 0 aliphatic carbocycles. The molecule has 0 fully saturated rings. The first-order valence-corrected chi connectivity index (χ1v) is 19.6. The molecular weight excluding hydrogens is 568 g/mol. The summed E-state index contributed by atoms with van der Waals surface area (Å²) in [6, 6.07) is 0. The highest BCUT2D eigenvalue weighted by Gasteiger charge is 2.14. The number of hydrogen-bond acceptors (Lipinski definition) is 3. The summed E-state index contributed by atoms with van der Waals surface area (Å²) in [7, 11) is 0. The van der Waals surface area contributed by atoms with Gasteiger partial charge in [0.25, 0.3) is 0 Å². The lowest BCUT2D eigenvalue weighted by Crippen LogP contribution is -2.18. The Labute approximate surface area is 285 Å². The summed E-state index contributed by atoms with van der Waals surface area (Å²) in [5.74, 6) is -0.707. The van der Waals surface area contributed by atoms with Crippen LogP contribution in [-0.4, -0.2) is 23.1 Å². The zero-order valence-corrected chi connectivity index (χ0v) is 30.4. The van der Waals surface area contributed by atoms with Gasteiger partial charge in [0.15, 0.2) is 0 Å². The third-order valence-electron chi connectivity index (χ3n) is 8.57. The lowest BCUT2D eigenvalue weighted by Gasteiger charge is -2.18. The second kappa shape index (κ2) is 37.4. The van der Waals surface area contributed by atoms with Gasteiger partial charge in [-0.25, -0.2) is 0 Å². The number of carbonyl (C=O) groups excluding carboxylic acids is 1. The fourth-order valence-electron chi connectivity index (χ4n) is 5.70. The lowest BCUT2D eigenvalue weighted by molar-refractivity contribution is -0.150. The molecule has 4 heteroatoms. The van der Waals surface area contributed by atoms with E-state index in [2.05, 4.69) is 62.5 Å². The maximum absolute atomic E-state index is 12.7. The summed E-state index contributed by atoms with van der Waals surface area (Å²) in [5, 5.41) is 8.77. The fourth-order valence-corrected chi connectivity index (χ4v) is 5.70. The van der Waals surface area contributed by atoms with E-state index < -0.39 is 5.97 Å². The number of aliphatic carboxylic acids is 1.